The summed E-state index contributed by atoms with van der Waals surface area (Å²) in [5.41, 5.74) is 1.64. The van der Waals surface area contributed by atoms with Crippen molar-refractivity contribution in [3.05, 3.63) is 29.3 Å². The minimum Gasteiger partial charge on any atom is -0.325 e. The Labute approximate surface area is 151 Å². The Kier molecular flexibility index (Phi) is 4.12. The lowest BCUT2D eigenvalue weighted by Gasteiger charge is -2.45. The Morgan fingerprint density at radius 3 is 2.44 bits per heavy atom. The first-order chi connectivity index (χ1) is 11.6. The van der Waals surface area contributed by atoms with Gasteiger partial charge in [0.2, 0.25) is 17.7 Å². The molecule has 1 unspecified atom stereocenters. The lowest BCUT2D eigenvalue weighted by atomic mass is 10.00. The zero-order valence-electron chi connectivity index (χ0n) is 14.5. The second kappa shape index (κ2) is 5.89. The van der Waals surface area contributed by atoms with Crippen molar-refractivity contribution in [3.8, 4) is 0 Å². The van der Waals surface area contributed by atoms with Crippen LogP contribution in [0.3, 0.4) is 0 Å². The Hall–Kier alpha value is -2.32. The third-order valence-corrected chi connectivity index (χ3v) is 4.72. The number of hydrazine groups is 1. The Bertz CT molecular complexity index is 785. The number of aryl methyl sites for hydroxylation is 2. The van der Waals surface area contributed by atoms with E-state index < -0.39 is 11.6 Å². The van der Waals surface area contributed by atoms with E-state index in [0.717, 1.165) is 11.1 Å². The van der Waals surface area contributed by atoms with Gasteiger partial charge in [0.1, 0.15) is 11.6 Å². The Morgan fingerprint density at radius 1 is 1.24 bits per heavy atom. The number of benzene rings is 1. The summed E-state index contributed by atoms with van der Waals surface area (Å²) in [5.74, 6) is -0.988. The molecular formula is C17H20N4O3S. The molecule has 0 saturated carbocycles. The molecule has 132 valence electrons. The van der Waals surface area contributed by atoms with Crippen LogP contribution in [0.5, 0.6) is 0 Å². The summed E-state index contributed by atoms with van der Waals surface area (Å²) in [7, 11) is 0. The van der Waals surface area contributed by atoms with Crippen LogP contribution in [0.2, 0.25) is 0 Å². The molecule has 25 heavy (non-hydrogen) atoms. The van der Waals surface area contributed by atoms with E-state index in [-0.39, 0.29) is 29.3 Å². The van der Waals surface area contributed by atoms with E-state index in [1.165, 1.54) is 10.0 Å². The van der Waals surface area contributed by atoms with E-state index in [9.17, 15) is 14.4 Å². The topological polar surface area (TPSA) is 81.8 Å². The quantitative estimate of drug-likeness (QED) is 0.776. The highest BCUT2D eigenvalue weighted by atomic mass is 32.1. The molecule has 1 aromatic carbocycles. The van der Waals surface area contributed by atoms with Crippen LogP contribution < -0.4 is 10.6 Å². The molecule has 2 saturated heterocycles. The van der Waals surface area contributed by atoms with Crippen LogP contribution in [0.15, 0.2) is 18.2 Å². The molecule has 2 aliphatic heterocycles. The zero-order chi connectivity index (χ0) is 18.5. The Morgan fingerprint density at radius 2 is 1.84 bits per heavy atom. The van der Waals surface area contributed by atoms with E-state index in [2.05, 4.69) is 10.6 Å². The van der Waals surface area contributed by atoms with Gasteiger partial charge in [0.15, 0.2) is 5.11 Å². The summed E-state index contributed by atoms with van der Waals surface area (Å²) in [4.78, 5) is 37.5. The third kappa shape index (κ3) is 2.91. The molecule has 0 aromatic heterocycles. The van der Waals surface area contributed by atoms with E-state index in [1.54, 1.807) is 13.8 Å². The summed E-state index contributed by atoms with van der Waals surface area (Å²) < 4.78 is 0. The van der Waals surface area contributed by atoms with Crippen LogP contribution in [0.4, 0.5) is 5.69 Å². The maximum Gasteiger partial charge on any atom is 0.248 e. The van der Waals surface area contributed by atoms with Gasteiger partial charge in [-0.3, -0.25) is 19.7 Å². The largest absolute Gasteiger partial charge is 0.325 e. The molecule has 2 fully saturated rings. The molecule has 0 radical (unpaired) electrons. The van der Waals surface area contributed by atoms with Crippen molar-refractivity contribution in [1.82, 2.24) is 15.3 Å². The van der Waals surface area contributed by atoms with Gasteiger partial charge in [0.05, 0.1) is 6.42 Å². The summed E-state index contributed by atoms with van der Waals surface area (Å²) in [6, 6.07) is 4.93. The summed E-state index contributed by atoms with van der Waals surface area (Å²) in [6.45, 7) is 7.21. The second-order valence-electron chi connectivity index (χ2n) is 6.95. The zero-order valence-corrected chi connectivity index (χ0v) is 15.4. The number of nitrogens with one attached hydrogen (secondary N) is 2. The fraction of sp³-hybridized carbons (Fsp3) is 0.412. The Balaban J connectivity index is 1.91. The van der Waals surface area contributed by atoms with Crippen molar-refractivity contribution >= 4 is 40.7 Å². The number of thiocarbonyl (C=S) groups is 1. The van der Waals surface area contributed by atoms with Crippen molar-refractivity contribution in [1.29, 1.82) is 0 Å². The van der Waals surface area contributed by atoms with Crippen LogP contribution in [-0.2, 0) is 14.4 Å². The van der Waals surface area contributed by atoms with Crippen molar-refractivity contribution < 1.29 is 14.4 Å². The molecule has 2 N–H and O–H groups in total. The number of hydrogen-bond donors (Lipinski definition) is 2. The first-order valence-electron chi connectivity index (χ1n) is 7.98. The van der Waals surface area contributed by atoms with Gasteiger partial charge < -0.3 is 5.32 Å². The number of nitrogens with zero attached hydrogens (tertiary/aromatic N) is 2. The van der Waals surface area contributed by atoms with Crippen molar-refractivity contribution in [3.63, 3.8) is 0 Å². The number of hydrogen-bond acceptors (Lipinski definition) is 5. The monoisotopic (exact) mass is 360 g/mol. The molecule has 7 nitrogen and oxygen atoms in total. The SMILES string of the molecule is Cc1cc(C)cc(NC(=O)C2CC(=O)N3C(=S)NC(=O)C(C)(C)N23)c1. The van der Waals surface area contributed by atoms with Crippen LogP contribution >= 0.6 is 12.2 Å². The van der Waals surface area contributed by atoms with E-state index in [1.807, 2.05) is 32.0 Å². The maximum atomic E-state index is 12.8. The van der Waals surface area contributed by atoms with Gasteiger partial charge in [-0.15, -0.1) is 0 Å². The molecule has 0 spiro atoms. The molecular weight excluding hydrogens is 340 g/mol. The summed E-state index contributed by atoms with van der Waals surface area (Å²) in [5, 5.41) is 8.09. The molecule has 1 aromatic rings. The number of anilines is 1. The molecule has 3 rings (SSSR count). The highest BCUT2D eigenvalue weighted by molar-refractivity contribution is 7.80. The lowest BCUT2D eigenvalue weighted by molar-refractivity contribution is -0.154. The fourth-order valence-corrected chi connectivity index (χ4v) is 3.61. The number of carbonyl (C=O) groups is 3. The maximum absolute atomic E-state index is 12.8. The fourth-order valence-electron chi connectivity index (χ4n) is 3.33. The second-order valence-corrected chi connectivity index (χ2v) is 7.34. The summed E-state index contributed by atoms with van der Waals surface area (Å²) in [6.07, 6.45) is -0.0326. The van der Waals surface area contributed by atoms with Crippen LogP contribution in [0.1, 0.15) is 31.4 Å². The van der Waals surface area contributed by atoms with Gasteiger partial charge in [-0.1, -0.05) is 6.07 Å². The summed E-state index contributed by atoms with van der Waals surface area (Å²) >= 11 is 5.10. The van der Waals surface area contributed by atoms with Crippen LogP contribution in [-0.4, -0.2) is 44.4 Å². The molecule has 2 aliphatic rings. The van der Waals surface area contributed by atoms with Gasteiger partial charge in [0.25, 0.3) is 0 Å². The number of fused-ring (bicyclic) bond motifs is 1. The first-order valence-corrected chi connectivity index (χ1v) is 8.39. The minimum absolute atomic E-state index is 0.0102. The standard InChI is InChI=1S/C17H20N4O3S/c1-9-5-10(2)7-11(6-9)18-14(23)12-8-13(22)20-16(25)19-15(24)17(3,4)21(12)20/h5-7,12H,8H2,1-4H3,(H,18,23)(H,19,24,25). The smallest absolute Gasteiger partial charge is 0.248 e. The molecule has 0 aliphatic carbocycles. The van der Waals surface area contributed by atoms with E-state index in [0.29, 0.717) is 5.69 Å². The van der Waals surface area contributed by atoms with Crippen molar-refractivity contribution in [2.24, 2.45) is 0 Å². The predicted molar refractivity (Wildman–Crippen MR) is 96.5 cm³/mol. The third-order valence-electron chi connectivity index (χ3n) is 4.45. The number of rotatable bonds is 2. The van der Waals surface area contributed by atoms with E-state index >= 15 is 0 Å². The molecule has 1 atom stereocenters. The number of amides is 3. The first kappa shape index (κ1) is 17.5. The highest BCUT2D eigenvalue weighted by Gasteiger charge is 2.56. The van der Waals surface area contributed by atoms with Gasteiger partial charge in [-0.2, -0.15) is 5.01 Å². The van der Waals surface area contributed by atoms with Crippen LogP contribution in [0, 0.1) is 13.8 Å². The molecule has 8 heteroatoms. The minimum atomic E-state index is -1.07. The van der Waals surface area contributed by atoms with E-state index in [4.69, 9.17) is 12.2 Å². The number of carbonyl (C=O) groups excluding carboxylic acids is 3. The molecule has 0 bridgehead atoms. The van der Waals surface area contributed by atoms with Gasteiger partial charge in [-0.25, -0.2) is 5.01 Å². The molecule has 3 amide bonds. The average Bonchev–Trinajstić information content (AvgIpc) is 2.83. The predicted octanol–water partition coefficient (Wildman–Crippen LogP) is 1.25. The normalized spacial score (nSPS) is 22.6. The van der Waals surface area contributed by atoms with Gasteiger partial charge in [-0.05, 0) is 63.2 Å². The average molecular weight is 360 g/mol. The van der Waals surface area contributed by atoms with Crippen molar-refractivity contribution in [2.75, 3.05) is 5.32 Å². The van der Waals surface area contributed by atoms with Crippen LogP contribution in [0.25, 0.3) is 0 Å². The van der Waals surface area contributed by atoms with Gasteiger partial charge in [0, 0.05) is 5.69 Å². The highest BCUT2D eigenvalue weighted by Crippen LogP contribution is 2.33. The lowest BCUT2D eigenvalue weighted by Crippen LogP contribution is -2.71. The molecule has 2 heterocycles. The van der Waals surface area contributed by atoms with Gasteiger partial charge >= 0.3 is 0 Å². The van der Waals surface area contributed by atoms with Crippen molar-refractivity contribution in [2.45, 2.75) is 45.7 Å².